The second-order valence-electron chi connectivity index (χ2n) is 5.76. The van der Waals surface area contributed by atoms with E-state index >= 15 is 0 Å². The molecule has 0 bridgehead atoms. The number of aryl methyl sites for hydroxylation is 1. The summed E-state index contributed by atoms with van der Waals surface area (Å²) in [5, 5.41) is 3.03. The van der Waals surface area contributed by atoms with E-state index in [1.807, 2.05) is 25.1 Å². The van der Waals surface area contributed by atoms with Gasteiger partial charge in [-0.25, -0.2) is 0 Å². The highest BCUT2D eigenvalue weighted by atomic mass is 16.2. The summed E-state index contributed by atoms with van der Waals surface area (Å²) in [6, 6.07) is 8.00. The topological polar surface area (TPSA) is 58.4 Å². The summed E-state index contributed by atoms with van der Waals surface area (Å²) in [6.07, 6.45) is 1.82. The number of amides is 1. The minimum Gasteiger partial charge on any atom is -0.324 e. The highest BCUT2D eigenvalue weighted by Crippen LogP contribution is 2.28. The lowest BCUT2D eigenvalue weighted by atomic mass is 9.90. The highest BCUT2D eigenvalue weighted by molar-refractivity contribution is 5.96. The van der Waals surface area contributed by atoms with Crippen molar-refractivity contribution in [3.63, 3.8) is 0 Å². The highest BCUT2D eigenvalue weighted by Gasteiger charge is 2.41. The van der Waals surface area contributed by atoms with Crippen LogP contribution >= 0.6 is 0 Å². The van der Waals surface area contributed by atoms with Gasteiger partial charge in [-0.05, 0) is 31.4 Å². The maximum atomic E-state index is 12.2. The number of nitrogens with one attached hydrogen (secondary N) is 1. The van der Waals surface area contributed by atoms with Crippen molar-refractivity contribution in [2.24, 2.45) is 5.73 Å². The smallest absolute Gasteiger partial charge is 0.241 e. The minimum atomic E-state index is -0.126. The zero-order chi connectivity index (χ0) is 12.8. The van der Waals surface area contributed by atoms with Gasteiger partial charge in [0.15, 0.2) is 0 Å². The number of anilines is 1. The van der Waals surface area contributed by atoms with Gasteiger partial charge < -0.3 is 11.1 Å². The number of nitrogens with zero attached hydrogens (tertiary/aromatic N) is 1. The molecule has 1 atom stereocenters. The molecule has 3 rings (SSSR count). The first-order valence-electron chi connectivity index (χ1n) is 6.47. The number of fused-ring (bicyclic) bond motifs is 1. The van der Waals surface area contributed by atoms with Crippen LogP contribution in [0.3, 0.4) is 0 Å². The van der Waals surface area contributed by atoms with Crippen LogP contribution in [0, 0.1) is 0 Å². The molecule has 96 valence electrons. The Hall–Kier alpha value is -1.39. The molecule has 0 aliphatic carbocycles. The van der Waals surface area contributed by atoms with Crippen molar-refractivity contribution in [2.45, 2.75) is 31.3 Å². The molecule has 18 heavy (non-hydrogen) atoms. The molecule has 0 saturated carbocycles. The minimum absolute atomic E-state index is 0.0333. The van der Waals surface area contributed by atoms with Crippen LogP contribution < -0.4 is 11.1 Å². The summed E-state index contributed by atoms with van der Waals surface area (Å²) in [5.74, 6) is 0.107. The van der Waals surface area contributed by atoms with Gasteiger partial charge in [-0.2, -0.15) is 0 Å². The van der Waals surface area contributed by atoms with Crippen LogP contribution in [-0.2, 0) is 11.2 Å². The van der Waals surface area contributed by atoms with Gasteiger partial charge in [0.1, 0.15) is 0 Å². The fourth-order valence-electron chi connectivity index (χ4n) is 2.95. The fraction of sp³-hybridized carbons (Fsp3) is 0.500. The Balaban J connectivity index is 1.76. The average Bonchev–Trinajstić information content (AvgIpc) is 2.44. The molecular formula is C14H19N3O. The molecule has 1 fully saturated rings. The number of carbonyl (C=O) groups is 1. The third-order valence-corrected chi connectivity index (χ3v) is 3.83. The maximum Gasteiger partial charge on any atom is 0.241 e. The molecule has 4 heteroatoms. The SMILES string of the molecule is CC1(N)CN(C2CCc3ccccc3NC2=O)C1. The van der Waals surface area contributed by atoms with Gasteiger partial charge in [0.2, 0.25) is 5.91 Å². The normalized spacial score (nSPS) is 26.8. The van der Waals surface area contributed by atoms with Crippen LogP contribution in [0.1, 0.15) is 18.9 Å². The van der Waals surface area contributed by atoms with E-state index in [0.717, 1.165) is 31.6 Å². The van der Waals surface area contributed by atoms with E-state index in [2.05, 4.69) is 16.3 Å². The zero-order valence-electron chi connectivity index (χ0n) is 10.6. The largest absolute Gasteiger partial charge is 0.324 e. The maximum absolute atomic E-state index is 12.2. The second-order valence-corrected chi connectivity index (χ2v) is 5.76. The van der Waals surface area contributed by atoms with Crippen molar-refractivity contribution in [3.8, 4) is 0 Å². The third kappa shape index (κ3) is 2.02. The van der Waals surface area contributed by atoms with Gasteiger partial charge in [0.05, 0.1) is 6.04 Å². The van der Waals surface area contributed by atoms with Gasteiger partial charge in [-0.15, -0.1) is 0 Å². The molecule has 3 N–H and O–H groups in total. The van der Waals surface area contributed by atoms with Crippen LogP contribution in [0.5, 0.6) is 0 Å². The zero-order valence-corrected chi connectivity index (χ0v) is 10.6. The van der Waals surface area contributed by atoms with Gasteiger partial charge in [0, 0.05) is 24.3 Å². The number of benzene rings is 1. The molecule has 1 aromatic carbocycles. The van der Waals surface area contributed by atoms with Crippen LogP contribution in [0.4, 0.5) is 5.69 Å². The van der Waals surface area contributed by atoms with E-state index in [-0.39, 0.29) is 17.5 Å². The van der Waals surface area contributed by atoms with Crippen molar-refractivity contribution in [2.75, 3.05) is 18.4 Å². The Bertz CT molecular complexity index is 476. The number of nitrogens with two attached hydrogens (primary N) is 1. The first kappa shape index (κ1) is 11.7. The summed E-state index contributed by atoms with van der Waals surface area (Å²) in [5.41, 5.74) is 8.07. The molecule has 2 heterocycles. The van der Waals surface area contributed by atoms with E-state index in [9.17, 15) is 4.79 Å². The van der Waals surface area contributed by atoms with Gasteiger partial charge in [-0.1, -0.05) is 18.2 Å². The molecule has 1 amide bonds. The van der Waals surface area contributed by atoms with Crippen molar-refractivity contribution >= 4 is 11.6 Å². The van der Waals surface area contributed by atoms with Crippen LogP contribution in [0.15, 0.2) is 24.3 Å². The molecule has 0 aromatic heterocycles. The number of hydrogen-bond acceptors (Lipinski definition) is 3. The quantitative estimate of drug-likeness (QED) is 0.775. The van der Waals surface area contributed by atoms with Crippen LogP contribution in [0.2, 0.25) is 0 Å². The predicted molar refractivity (Wildman–Crippen MR) is 71.3 cm³/mol. The predicted octanol–water partition coefficient (Wildman–Crippen LogP) is 0.973. The van der Waals surface area contributed by atoms with Gasteiger partial charge in [-0.3, -0.25) is 9.69 Å². The molecule has 4 nitrogen and oxygen atoms in total. The van der Waals surface area contributed by atoms with E-state index in [1.165, 1.54) is 5.56 Å². The fourth-order valence-corrected chi connectivity index (χ4v) is 2.95. The van der Waals surface area contributed by atoms with E-state index < -0.39 is 0 Å². The van der Waals surface area contributed by atoms with Gasteiger partial charge in [0.25, 0.3) is 0 Å². The Kier molecular flexibility index (Phi) is 2.64. The Morgan fingerprint density at radius 1 is 1.39 bits per heavy atom. The molecule has 1 saturated heterocycles. The van der Waals surface area contributed by atoms with Gasteiger partial charge >= 0.3 is 0 Å². The Morgan fingerprint density at radius 3 is 2.83 bits per heavy atom. The first-order chi connectivity index (χ1) is 8.55. The Morgan fingerprint density at radius 2 is 2.11 bits per heavy atom. The van der Waals surface area contributed by atoms with Crippen molar-refractivity contribution < 1.29 is 4.79 Å². The molecule has 2 aliphatic heterocycles. The summed E-state index contributed by atoms with van der Waals surface area (Å²) in [4.78, 5) is 14.4. The molecule has 1 unspecified atom stereocenters. The van der Waals surface area contributed by atoms with E-state index in [4.69, 9.17) is 5.73 Å². The number of likely N-dealkylation sites (tertiary alicyclic amines) is 1. The van der Waals surface area contributed by atoms with Crippen LogP contribution in [-0.4, -0.2) is 35.5 Å². The number of carbonyl (C=O) groups excluding carboxylic acids is 1. The van der Waals surface area contributed by atoms with Crippen LogP contribution in [0.25, 0.3) is 0 Å². The van der Waals surface area contributed by atoms with Crippen molar-refractivity contribution in [1.29, 1.82) is 0 Å². The number of rotatable bonds is 1. The second kappa shape index (κ2) is 4.07. The Labute approximate surface area is 107 Å². The standard InChI is InChI=1S/C14H19N3O/c1-14(15)8-17(9-14)12-7-6-10-4-2-3-5-11(10)16-13(12)18/h2-5,12H,6-9,15H2,1H3,(H,16,18). The third-order valence-electron chi connectivity index (χ3n) is 3.83. The lowest BCUT2D eigenvalue weighted by molar-refractivity contribution is -0.124. The summed E-state index contributed by atoms with van der Waals surface area (Å²) >= 11 is 0. The summed E-state index contributed by atoms with van der Waals surface area (Å²) in [6.45, 7) is 3.65. The first-order valence-corrected chi connectivity index (χ1v) is 6.47. The van der Waals surface area contributed by atoms with Crippen molar-refractivity contribution in [3.05, 3.63) is 29.8 Å². The molecule has 0 spiro atoms. The monoisotopic (exact) mass is 245 g/mol. The number of hydrogen-bond donors (Lipinski definition) is 2. The summed E-state index contributed by atoms with van der Waals surface area (Å²) < 4.78 is 0. The molecule has 1 aromatic rings. The lowest BCUT2D eigenvalue weighted by Crippen LogP contribution is -2.69. The number of para-hydroxylation sites is 1. The van der Waals surface area contributed by atoms with E-state index in [0.29, 0.717) is 0 Å². The molecule has 0 radical (unpaired) electrons. The molecular weight excluding hydrogens is 226 g/mol. The lowest BCUT2D eigenvalue weighted by Gasteiger charge is -2.48. The van der Waals surface area contributed by atoms with Crippen molar-refractivity contribution in [1.82, 2.24) is 4.90 Å². The van der Waals surface area contributed by atoms with E-state index in [1.54, 1.807) is 0 Å². The molecule has 2 aliphatic rings. The summed E-state index contributed by atoms with van der Waals surface area (Å²) in [7, 11) is 0. The average molecular weight is 245 g/mol.